The fraction of sp³-hybridized carbons (Fsp3) is 0.533. The fourth-order valence-electron chi connectivity index (χ4n) is 2.17. The van der Waals surface area contributed by atoms with E-state index in [1.807, 2.05) is 13.8 Å². The number of hydrogen-bond acceptors (Lipinski definition) is 4. The number of carbonyl (C=O) groups is 1. The molecule has 0 saturated carbocycles. The number of anilines is 1. The Morgan fingerprint density at radius 1 is 1.30 bits per heavy atom. The van der Waals surface area contributed by atoms with Crippen LogP contribution in [-0.4, -0.2) is 34.0 Å². The van der Waals surface area contributed by atoms with Gasteiger partial charge in [-0.1, -0.05) is 13.8 Å². The first kappa shape index (κ1) is 19.9. The van der Waals surface area contributed by atoms with Gasteiger partial charge in [0.1, 0.15) is 0 Å². The molecule has 130 valence electrons. The van der Waals surface area contributed by atoms with E-state index in [4.69, 9.17) is 0 Å². The van der Waals surface area contributed by atoms with Gasteiger partial charge in [0.15, 0.2) is 0 Å². The van der Waals surface area contributed by atoms with Crippen molar-refractivity contribution in [3.05, 3.63) is 24.3 Å². The van der Waals surface area contributed by atoms with Gasteiger partial charge in [0.2, 0.25) is 15.9 Å². The third-order valence-corrected chi connectivity index (χ3v) is 5.38. The van der Waals surface area contributed by atoms with Crippen molar-refractivity contribution in [1.82, 2.24) is 10.0 Å². The molecule has 1 heterocycles. The lowest BCUT2D eigenvalue weighted by atomic mass is 9.88. The average molecular weight is 362 g/mol. The summed E-state index contributed by atoms with van der Waals surface area (Å²) < 4.78 is 26.4. The third kappa shape index (κ3) is 5.17. The Morgan fingerprint density at radius 2 is 1.91 bits per heavy atom. The lowest BCUT2D eigenvalue weighted by Gasteiger charge is -2.31. The Balaban J connectivity index is 0.00000264. The van der Waals surface area contributed by atoms with E-state index in [1.54, 1.807) is 12.1 Å². The van der Waals surface area contributed by atoms with Crippen molar-refractivity contribution in [3.8, 4) is 0 Å². The molecule has 1 aromatic rings. The van der Waals surface area contributed by atoms with Gasteiger partial charge in [-0.15, -0.1) is 12.4 Å². The zero-order valence-electron chi connectivity index (χ0n) is 13.3. The molecule has 1 aromatic carbocycles. The molecule has 1 fully saturated rings. The molecule has 0 aromatic heterocycles. The summed E-state index contributed by atoms with van der Waals surface area (Å²) in [6, 6.07) is 6.24. The van der Waals surface area contributed by atoms with Gasteiger partial charge in [0.25, 0.3) is 0 Å². The monoisotopic (exact) mass is 361 g/mol. The lowest BCUT2D eigenvalue weighted by molar-refractivity contribution is -0.121. The molecule has 1 unspecified atom stereocenters. The van der Waals surface area contributed by atoms with Crippen molar-refractivity contribution in [3.63, 3.8) is 0 Å². The van der Waals surface area contributed by atoms with Crippen LogP contribution in [0.2, 0.25) is 0 Å². The van der Waals surface area contributed by atoms with Gasteiger partial charge in [-0.05, 0) is 49.7 Å². The van der Waals surface area contributed by atoms with Crippen LogP contribution in [0.25, 0.3) is 0 Å². The van der Waals surface area contributed by atoms with Crippen molar-refractivity contribution in [1.29, 1.82) is 0 Å². The first-order chi connectivity index (χ1) is 10.4. The highest BCUT2D eigenvalue weighted by molar-refractivity contribution is 7.89. The lowest BCUT2D eigenvalue weighted by Crippen LogP contribution is -2.48. The van der Waals surface area contributed by atoms with Crippen molar-refractivity contribution >= 4 is 34.0 Å². The van der Waals surface area contributed by atoms with Crippen LogP contribution in [0.1, 0.15) is 20.3 Å². The zero-order valence-corrected chi connectivity index (χ0v) is 15.0. The van der Waals surface area contributed by atoms with Gasteiger partial charge >= 0.3 is 0 Å². The van der Waals surface area contributed by atoms with E-state index in [0.29, 0.717) is 18.2 Å². The van der Waals surface area contributed by atoms with Crippen molar-refractivity contribution in [2.75, 3.05) is 25.0 Å². The molecule has 1 atom stereocenters. The van der Waals surface area contributed by atoms with Crippen LogP contribution in [0.4, 0.5) is 5.69 Å². The van der Waals surface area contributed by atoms with Gasteiger partial charge < -0.3 is 10.6 Å². The minimum Gasteiger partial charge on any atom is -0.326 e. The topological polar surface area (TPSA) is 87.3 Å². The van der Waals surface area contributed by atoms with Crippen LogP contribution in [0.5, 0.6) is 0 Å². The first-order valence-electron chi connectivity index (χ1n) is 7.55. The summed E-state index contributed by atoms with van der Waals surface area (Å²) >= 11 is 0. The average Bonchev–Trinajstić information content (AvgIpc) is 2.44. The molecule has 8 heteroatoms. The summed E-state index contributed by atoms with van der Waals surface area (Å²) in [5, 5.41) is 5.98. The molecule has 0 radical (unpaired) electrons. The largest absolute Gasteiger partial charge is 0.326 e. The summed E-state index contributed by atoms with van der Waals surface area (Å²) in [4.78, 5) is 12.3. The maximum atomic E-state index is 12.1. The summed E-state index contributed by atoms with van der Waals surface area (Å²) in [5.74, 6) is 0.278. The molecule has 0 spiro atoms. The Morgan fingerprint density at radius 3 is 2.39 bits per heavy atom. The second-order valence-electron chi connectivity index (χ2n) is 5.62. The van der Waals surface area contributed by atoms with Gasteiger partial charge in [-0.3, -0.25) is 4.79 Å². The van der Waals surface area contributed by atoms with E-state index in [-0.39, 0.29) is 29.1 Å². The molecular formula is C15H24ClN3O3S. The van der Waals surface area contributed by atoms with Crippen molar-refractivity contribution in [2.45, 2.75) is 25.2 Å². The third-order valence-electron chi connectivity index (χ3n) is 3.91. The Bertz CT molecular complexity index is 615. The summed E-state index contributed by atoms with van der Waals surface area (Å²) in [6.07, 6.45) is 0.737. The number of hydrogen-bond donors (Lipinski definition) is 3. The van der Waals surface area contributed by atoms with Crippen LogP contribution < -0.4 is 15.4 Å². The van der Waals surface area contributed by atoms with E-state index in [2.05, 4.69) is 15.4 Å². The van der Waals surface area contributed by atoms with Crippen LogP contribution in [0, 0.1) is 11.8 Å². The highest BCUT2D eigenvalue weighted by Gasteiger charge is 2.28. The second-order valence-corrected chi connectivity index (χ2v) is 7.39. The predicted molar refractivity (Wildman–Crippen MR) is 93.3 cm³/mol. The predicted octanol–water partition coefficient (Wildman–Crippen LogP) is 1.59. The molecule has 1 saturated heterocycles. The maximum Gasteiger partial charge on any atom is 0.240 e. The molecule has 1 aliphatic heterocycles. The number of nitrogens with one attached hydrogen (secondary N) is 3. The molecule has 2 rings (SSSR count). The molecule has 23 heavy (non-hydrogen) atoms. The summed E-state index contributed by atoms with van der Waals surface area (Å²) in [7, 11) is -3.46. The van der Waals surface area contributed by atoms with Crippen LogP contribution in [0.15, 0.2) is 29.2 Å². The second kappa shape index (κ2) is 8.63. The highest BCUT2D eigenvalue weighted by atomic mass is 35.5. The van der Waals surface area contributed by atoms with Crippen LogP contribution in [0.3, 0.4) is 0 Å². The Labute approximate surface area is 143 Å². The van der Waals surface area contributed by atoms with Crippen LogP contribution in [-0.2, 0) is 14.8 Å². The first-order valence-corrected chi connectivity index (χ1v) is 9.03. The summed E-state index contributed by atoms with van der Waals surface area (Å²) in [6.45, 7) is 5.96. The van der Waals surface area contributed by atoms with Gasteiger partial charge in [0.05, 0.1) is 4.90 Å². The molecule has 0 bridgehead atoms. The summed E-state index contributed by atoms with van der Waals surface area (Å²) in [5.41, 5.74) is 0.610. The van der Waals surface area contributed by atoms with E-state index >= 15 is 0 Å². The molecule has 0 aliphatic carbocycles. The van der Waals surface area contributed by atoms with Gasteiger partial charge in [-0.25, -0.2) is 13.1 Å². The minimum atomic E-state index is -3.46. The highest BCUT2D eigenvalue weighted by Crippen LogP contribution is 2.19. The molecule has 3 N–H and O–H groups in total. The smallest absolute Gasteiger partial charge is 0.240 e. The standard InChI is InChI=1S/C15H23N3O3S.ClH/c1-3-8-17-22(20,21)14-6-4-13(5-7-14)18-15(19)11(2)12-9-16-10-12;/h4-7,11-12,16-17H,3,8-10H2,1-2H3,(H,18,19);1H. The molecule has 1 amide bonds. The SMILES string of the molecule is CCCNS(=O)(=O)c1ccc(NC(=O)C(C)C2CNC2)cc1.Cl. The van der Waals surface area contributed by atoms with Crippen molar-refractivity contribution < 1.29 is 13.2 Å². The number of amides is 1. The van der Waals surface area contributed by atoms with E-state index < -0.39 is 10.0 Å². The number of sulfonamides is 1. The Hall–Kier alpha value is -1.15. The quantitative estimate of drug-likeness (QED) is 0.688. The number of benzene rings is 1. The molecule has 1 aliphatic rings. The minimum absolute atomic E-state index is 0. The van der Waals surface area contributed by atoms with Crippen LogP contribution >= 0.6 is 12.4 Å². The fourth-order valence-corrected chi connectivity index (χ4v) is 3.31. The number of rotatable bonds is 7. The van der Waals surface area contributed by atoms with E-state index in [1.165, 1.54) is 12.1 Å². The van der Waals surface area contributed by atoms with Gasteiger partial charge in [-0.2, -0.15) is 0 Å². The van der Waals surface area contributed by atoms with E-state index in [0.717, 1.165) is 19.5 Å². The molecular weight excluding hydrogens is 338 g/mol. The van der Waals surface area contributed by atoms with E-state index in [9.17, 15) is 13.2 Å². The molecule has 6 nitrogen and oxygen atoms in total. The number of carbonyl (C=O) groups excluding carboxylic acids is 1. The maximum absolute atomic E-state index is 12.1. The normalized spacial score (nSPS) is 16.1. The van der Waals surface area contributed by atoms with Gasteiger partial charge in [0, 0.05) is 18.2 Å². The number of halogens is 1. The Kier molecular flexibility index (Phi) is 7.47. The van der Waals surface area contributed by atoms with Crippen molar-refractivity contribution in [2.24, 2.45) is 11.8 Å². The zero-order chi connectivity index (χ0) is 16.2.